The molecule has 1 amide bonds. The number of carbonyl (C=O) groups excluding carboxylic acids is 1. The third-order valence-corrected chi connectivity index (χ3v) is 4.71. The molecule has 2 unspecified atom stereocenters. The molecule has 4 rings (SSSR count). The van der Waals surface area contributed by atoms with E-state index in [0.717, 1.165) is 19.0 Å². The highest BCUT2D eigenvalue weighted by molar-refractivity contribution is 9.10. The Hall–Kier alpha value is -1.76. The first-order valence-electron chi connectivity index (χ1n) is 6.35. The molecule has 2 aromatic heterocycles. The van der Waals surface area contributed by atoms with Gasteiger partial charge in [0.15, 0.2) is 5.82 Å². The van der Waals surface area contributed by atoms with Crippen LogP contribution >= 0.6 is 15.9 Å². The second-order valence-corrected chi connectivity index (χ2v) is 5.83. The first-order chi connectivity index (χ1) is 9.66. The minimum atomic E-state index is -0.450. The van der Waals surface area contributed by atoms with Crippen LogP contribution in [0.4, 0.5) is 4.39 Å². The molecular weight excluding hydrogens is 327 g/mol. The van der Waals surface area contributed by atoms with Crippen LogP contribution in [0.3, 0.4) is 0 Å². The summed E-state index contributed by atoms with van der Waals surface area (Å²) in [6.07, 6.45) is 4.60. The average Bonchev–Trinajstić information content (AvgIpc) is 2.72. The summed E-state index contributed by atoms with van der Waals surface area (Å²) in [5.74, 6) is -0.611. The molecule has 0 saturated heterocycles. The molecule has 1 saturated carbocycles. The summed E-state index contributed by atoms with van der Waals surface area (Å²) in [6, 6.07) is 1.89. The highest BCUT2D eigenvalue weighted by atomic mass is 79.9. The Morgan fingerprint density at radius 3 is 3.00 bits per heavy atom. The SMILES string of the molecule is O=C1NC2CCC2n2nc(-c3ccncc3F)c(Br)c21. The van der Waals surface area contributed by atoms with Crippen LogP contribution in [0.15, 0.2) is 22.9 Å². The Labute approximate surface area is 122 Å². The summed E-state index contributed by atoms with van der Waals surface area (Å²) in [5.41, 5.74) is 1.26. The summed E-state index contributed by atoms with van der Waals surface area (Å²) in [4.78, 5) is 15.8. The van der Waals surface area contributed by atoms with Crippen molar-refractivity contribution in [1.29, 1.82) is 0 Å². The zero-order valence-electron chi connectivity index (χ0n) is 10.3. The van der Waals surface area contributed by atoms with E-state index in [2.05, 4.69) is 31.3 Å². The number of rotatable bonds is 1. The fraction of sp³-hybridized carbons (Fsp3) is 0.308. The summed E-state index contributed by atoms with van der Waals surface area (Å²) >= 11 is 3.39. The van der Waals surface area contributed by atoms with E-state index in [1.807, 2.05) is 0 Å². The van der Waals surface area contributed by atoms with Gasteiger partial charge in [-0.05, 0) is 34.8 Å². The number of hydrogen-bond acceptors (Lipinski definition) is 3. The fourth-order valence-electron chi connectivity index (χ4n) is 2.78. The first-order valence-corrected chi connectivity index (χ1v) is 7.15. The van der Waals surface area contributed by atoms with Crippen molar-refractivity contribution in [2.75, 3.05) is 0 Å². The monoisotopic (exact) mass is 336 g/mol. The molecule has 2 aliphatic rings. The van der Waals surface area contributed by atoms with E-state index in [0.29, 0.717) is 21.4 Å². The molecule has 0 bridgehead atoms. The Balaban J connectivity index is 1.92. The minimum absolute atomic E-state index is 0.150. The van der Waals surface area contributed by atoms with E-state index in [1.54, 1.807) is 10.7 Å². The number of halogens is 2. The van der Waals surface area contributed by atoms with Crippen molar-refractivity contribution in [2.24, 2.45) is 0 Å². The predicted molar refractivity (Wildman–Crippen MR) is 72.6 cm³/mol. The summed E-state index contributed by atoms with van der Waals surface area (Å²) < 4.78 is 16.1. The number of carbonyl (C=O) groups is 1. The maximum absolute atomic E-state index is 13.9. The molecule has 0 spiro atoms. The molecule has 102 valence electrons. The third kappa shape index (κ3) is 1.49. The minimum Gasteiger partial charge on any atom is -0.346 e. The topological polar surface area (TPSA) is 59.8 Å². The average molecular weight is 337 g/mol. The maximum atomic E-state index is 13.9. The fourth-order valence-corrected chi connectivity index (χ4v) is 3.43. The molecule has 3 heterocycles. The summed E-state index contributed by atoms with van der Waals surface area (Å²) in [6.45, 7) is 0. The standard InChI is InChI=1S/C13H10BrFN4O/c14-10-11(6-3-4-16-5-7(6)15)18-19-9-2-1-8(9)17-13(20)12(10)19/h3-5,8-9H,1-2H2,(H,17,20). The number of aromatic nitrogens is 3. The molecule has 1 aliphatic carbocycles. The van der Waals surface area contributed by atoms with Crippen molar-refractivity contribution < 1.29 is 9.18 Å². The molecule has 2 aromatic rings. The van der Waals surface area contributed by atoms with Crippen molar-refractivity contribution >= 4 is 21.8 Å². The lowest BCUT2D eigenvalue weighted by molar-refractivity contribution is 0.0782. The molecule has 7 heteroatoms. The van der Waals surface area contributed by atoms with Crippen LogP contribution in [0.1, 0.15) is 29.4 Å². The summed E-state index contributed by atoms with van der Waals surface area (Å²) in [5, 5.41) is 7.41. The smallest absolute Gasteiger partial charge is 0.271 e. The van der Waals surface area contributed by atoms with Gasteiger partial charge in [0.2, 0.25) is 0 Å². The van der Waals surface area contributed by atoms with Crippen LogP contribution in [0.2, 0.25) is 0 Å². The highest BCUT2D eigenvalue weighted by Gasteiger charge is 2.42. The van der Waals surface area contributed by atoms with Gasteiger partial charge in [-0.25, -0.2) is 4.39 Å². The molecule has 2 atom stereocenters. The van der Waals surface area contributed by atoms with E-state index in [1.165, 1.54) is 6.20 Å². The molecule has 1 N–H and O–H groups in total. The lowest BCUT2D eigenvalue weighted by Gasteiger charge is -2.41. The maximum Gasteiger partial charge on any atom is 0.271 e. The normalized spacial score (nSPS) is 23.6. The first kappa shape index (κ1) is 12.0. The summed E-state index contributed by atoms with van der Waals surface area (Å²) in [7, 11) is 0. The number of nitrogens with one attached hydrogen (secondary N) is 1. The highest BCUT2D eigenvalue weighted by Crippen LogP contribution is 2.41. The van der Waals surface area contributed by atoms with Gasteiger partial charge in [-0.3, -0.25) is 14.5 Å². The lowest BCUT2D eigenvalue weighted by atomic mass is 9.85. The van der Waals surface area contributed by atoms with Crippen molar-refractivity contribution in [3.05, 3.63) is 34.4 Å². The van der Waals surface area contributed by atoms with Gasteiger partial charge in [-0.1, -0.05) is 0 Å². The van der Waals surface area contributed by atoms with Gasteiger partial charge < -0.3 is 5.32 Å². The molecule has 1 fully saturated rings. The van der Waals surface area contributed by atoms with E-state index >= 15 is 0 Å². The van der Waals surface area contributed by atoms with Crippen molar-refractivity contribution in [2.45, 2.75) is 24.9 Å². The van der Waals surface area contributed by atoms with E-state index < -0.39 is 5.82 Å². The quantitative estimate of drug-likeness (QED) is 0.869. The van der Waals surface area contributed by atoms with Crippen LogP contribution in [-0.2, 0) is 0 Å². The van der Waals surface area contributed by atoms with Crippen LogP contribution in [0.25, 0.3) is 11.3 Å². The Bertz CT molecular complexity index is 729. The molecule has 1 aliphatic heterocycles. The van der Waals surface area contributed by atoms with E-state index in [4.69, 9.17) is 0 Å². The number of fused-ring (bicyclic) bond motifs is 3. The zero-order valence-corrected chi connectivity index (χ0v) is 11.9. The van der Waals surface area contributed by atoms with Crippen molar-refractivity contribution in [3.8, 4) is 11.3 Å². The van der Waals surface area contributed by atoms with Gasteiger partial charge in [-0.15, -0.1) is 0 Å². The number of nitrogens with zero attached hydrogens (tertiary/aromatic N) is 3. The van der Waals surface area contributed by atoms with E-state index in [9.17, 15) is 9.18 Å². The largest absolute Gasteiger partial charge is 0.346 e. The third-order valence-electron chi connectivity index (χ3n) is 3.96. The van der Waals surface area contributed by atoms with Gasteiger partial charge in [0.25, 0.3) is 5.91 Å². The molecule has 5 nitrogen and oxygen atoms in total. The number of hydrogen-bond donors (Lipinski definition) is 1. The van der Waals surface area contributed by atoms with E-state index in [-0.39, 0.29) is 18.0 Å². The van der Waals surface area contributed by atoms with Gasteiger partial charge in [0, 0.05) is 11.8 Å². The predicted octanol–water partition coefficient (Wildman–Crippen LogP) is 2.29. The van der Waals surface area contributed by atoms with Gasteiger partial charge in [0.1, 0.15) is 11.4 Å². The molecular formula is C13H10BrFN4O. The van der Waals surface area contributed by atoms with Gasteiger partial charge in [0.05, 0.1) is 22.8 Å². The van der Waals surface area contributed by atoms with Crippen LogP contribution in [0.5, 0.6) is 0 Å². The second kappa shape index (κ2) is 4.12. The number of pyridine rings is 1. The van der Waals surface area contributed by atoms with Gasteiger partial charge in [-0.2, -0.15) is 5.10 Å². The Kier molecular flexibility index (Phi) is 2.47. The van der Waals surface area contributed by atoms with Gasteiger partial charge >= 0.3 is 0 Å². The van der Waals surface area contributed by atoms with Crippen LogP contribution in [0, 0.1) is 5.82 Å². The Morgan fingerprint density at radius 2 is 2.30 bits per heavy atom. The Morgan fingerprint density at radius 1 is 1.45 bits per heavy atom. The molecule has 0 aromatic carbocycles. The van der Waals surface area contributed by atoms with Crippen molar-refractivity contribution in [1.82, 2.24) is 20.1 Å². The second-order valence-electron chi connectivity index (χ2n) is 5.04. The zero-order chi connectivity index (χ0) is 13.9. The molecule has 0 radical (unpaired) electrons. The van der Waals surface area contributed by atoms with Crippen LogP contribution in [-0.4, -0.2) is 26.7 Å². The molecule has 20 heavy (non-hydrogen) atoms. The van der Waals surface area contributed by atoms with Crippen LogP contribution < -0.4 is 5.32 Å². The van der Waals surface area contributed by atoms with Crippen molar-refractivity contribution in [3.63, 3.8) is 0 Å². The number of amides is 1. The lowest BCUT2D eigenvalue weighted by Crippen LogP contribution is -2.53.